The Morgan fingerprint density at radius 2 is 2.11 bits per heavy atom. The number of ether oxygens (including phenoxy) is 1. The van der Waals surface area contributed by atoms with Crippen LogP contribution < -0.4 is 10.1 Å². The van der Waals surface area contributed by atoms with Crippen molar-refractivity contribution in [2.75, 3.05) is 6.61 Å². The van der Waals surface area contributed by atoms with Gasteiger partial charge in [0.2, 0.25) is 5.89 Å². The van der Waals surface area contributed by atoms with Crippen molar-refractivity contribution in [1.82, 2.24) is 10.3 Å². The summed E-state index contributed by atoms with van der Waals surface area (Å²) in [6.07, 6.45) is 1.75. The highest BCUT2D eigenvalue weighted by molar-refractivity contribution is 5.64. The predicted octanol–water partition coefficient (Wildman–Crippen LogP) is 3.24. The molecule has 0 aliphatic carbocycles. The van der Waals surface area contributed by atoms with Crippen molar-refractivity contribution in [2.24, 2.45) is 0 Å². The molecule has 2 rings (SSSR count). The molecule has 1 aromatic carbocycles. The Morgan fingerprint density at radius 1 is 1.32 bits per heavy atom. The van der Waals surface area contributed by atoms with Crippen LogP contribution in [0.4, 0.5) is 0 Å². The molecule has 1 N–H and O–H groups in total. The van der Waals surface area contributed by atoms with Gasteiger partial charge in [-0.1, -0.05) is 26.0 Å². The standard InChI is InChI=1S/C15H20N2O2/c1-4-18-13-8-6-5-7-12(13)14-9-17-15(19-14)10-16-11(2)3/h5-9,11,16H,4,10H2,1-3H3. The number of para-hydroxylation sites is 1. The minimum absolute atomic E-state index is 0.408. The van der Waals surface area contributed by atoms with Crippen molar-refractivity contribution in [1.29, 1.82) is 0 Å². The predicted molar refractivity (Wildman–Crippen MR) is 75.1 cm³/mol. The van der Waals surface area contributed by atoms with E-state index in [9.17, 15) is 0 Å². The molecule has 0 saturated carbocycles. The molecule has 0 radical (unpaired) electrons. The van der Waals surface area contributed by atoms with E-state index in [1.165, 1.54) is 0 Å². The maximum absolute atomic E-state index is 5.75. The van der Waals surface area contributed by atoms with Gasteiger partial charge in [-0.05, 0) is 19.1 Å². The first-order valence-electron chi connectivity index (χ1n) is 6.61. The van der Waals surface area contributed by atoms with Crippen LogP contribution in [-0.4, -0.2) is 17.6 Å². The second kappa shape index (κ2) is 6.38. The van der Waals surface area contributed by atoms with Gasteiger partial charge in [0.25, 0.3) is 0 Å². The molecule has 0 fully saturated rings. The SMILES string of the molecule is CCOc1ccccc1-c1cnc(CNC(C)C)o1. The van der Waals surface area contributed by atoms with Crippen LogP contribution in [0, 0.1) is 0 Å². The van der Waals surface area contributed by atoms with Crippen LogP contribution in [0.2, 0.25) is 0 Å². The molecule has 0 amide bonds. The second-order valence-corrected chi connectivity index (χ2v) is 4.58. The average Bonchev–Trinajstić information content (AvgIpc) is 2.86. The topological polar surface area (TPSA) is 47.3 Å². The van der Waals surface area contributed by atoms with Crippen molar-refractivity contribution in [3.63, 3.8) is 0 Å². The fraction of sp³-hybridized carbons (Fsp3) is 0.400. The summed E-state index contributed by atoms with van der Waals surface area (Å²) < 4.78 is 11.3. The zero-order chi connectivity index (χ0) is 13.7. The number of hydrogen-bond acceptors (Lipinski definition) is 4. The molecule has 2 aromatic rings. The minimum Gasteiger partial charge on any atom is -0.493 e. The third-order valence-corrected chi connectivity index (χ3v) is 2.67. The van der Waals surface area contributed by atoms with Gasteiger partial charge in [-0.2, -0.15) is 0 Å². The van der Waals surface area contributed by atoms with Crippen molar-refractivity contribution in [3.05, 3.63) is 36.4 Å². The van der Waals surface area contributed by atoms with Gasteiger partial charge in [0.15, 0.2) is 5.76 Å². The van der Waals surface area contributed by atoms with Crippen LogP contribution in [-0.2, 0) is 6.54 Å². The largest absolute Gasteiger partial charge is 0.493 e. The van der Waals surface area contributed by atoms with Crippen molar-refractivity contribution in [3.8, 4) is 17.1 Å². The molecule has 19 heavy (non-hydrogen) atoms. The van der Waals surface area contributed by atoms with Gasteiger partial charge in [-0.15, -0.1) is 0 Å². The fourth-order valence-electron chi connectivity index (χ4n) is 1.76. The quantitative estimate of drug-likeness (QED) is 0.866. The Morgan fingerprint density at radius 3 is 2.84 bits per heavy atom. The van der Waals surface area contributed by atoms with Crippen LogP contribution in [0.3, 0.4) is 0 Å². The molecule has 0 aliphatic heterocycles. The highest BCUT2D eigenvalue weighted by Gasteiger charge is 2.11. The zero-order valence-electron chi connectivity index (χ0n) is 11.6. The molecule has 102 valence electrons. The Bertz CT molecular complexity index is 520. The first-order valence-corrected chi connectivity index (χ1v) is 6.61. The molecule has 1 heterocycles. The normalized spacial score (nSPS) is 10.9. The highest BCUT2D eigenvalue weighted by Crippen LogP contribution is 2.30. The maximum atomic E-state index is 5.75. The first-order chi connectivity index (χ1) is 9.20. The average molecular weight is 260 g/mol. The van der Waals surface area contributed by atoms with E-state index in [-0.39, 0.29) is 0 Å². The molecular weight excluding hydrogens is 240 g/mol. The van der Waals surface area contributed by atoms with Crippen LogP contribution >= 0.6 is 0 Å². The summed E-state index contributed by atoms with van der Waals surface area (Å²) in [5, 5.41) is 3.28. The maximum Gasteiger partial charge on any atom is 0.208 e. The number of rotatable bonds is 6. The molecule has 0 saturated heterocycles. The van der Waals surface area contributed by atoms with Gasteiger partial charge in [0, 0.05) is 6.04 Å². The van der Waals surface area contributed by atoms with Crippen molar-refractivity contribution >= 4 is 0 Å². The second-order valence-electron chi connectivity index (χ2n) is 4.58. The molecule has 4 heteroatoms. The summed E-state index contributed by atoms with van der Waals surface area (Å²) in [5.74, 6) is 2.25. The number of aromatic nitrogens is 1. The van der Waals surface area contributed by atoms with Gasteiger partial charge in [0.1, 0.15) is 5.75 Å². The Kier molecular flexibility index (Phi) is 4.58. The summed E-state index contributed by atoms with van der Waals surface area (Å²) in [6, 6.07) is 8.24. The van der Waals surface area contributed by atoms with E-state index in [4.69, 9.17) is 9.15 Å². The van der Waals surface area contributed by atoms with E-state index < -0.39 is 0 Å². The lowest BCUT2D eigenvalue weighted by Gasteiger charge is -2.07. The summed E-state index contributed by atoms with van der Waals surface area (Å²) in [7, 11) is 0. The first kappa shape index (κ1) is 13.6. The highest BCUT2D eigenvalue weighted by atomic mass is 16.5. The molecule has 0 atom stereocenters. The van der Waals surface area contributed by atoms with E-state index in [1.54, 1.807) is 6.20 Å². The molecule has 0 unspecified atom stereocenters. The van der Waals surface area contributed by atoms with Crippen LogP contribution in [0.15, 0.2) is 34.9 Å². The van der Waals surface area contributed by atoms with Gasteiger partial charge in [-0.3, -0.25) is 0 Å². The Hall–Kier alpha value is -1.81. The van der Waals surface area contributed by atoms with E-state index in [0.717, 1.165) is 17.1 Å². The molecule has 1 aromatic heterocycles. The number of nitrogens with zero attached hydrogens (tertiary/aromatic N) is 1. The smallest absolute Gasteiger partial charge is 0.208 e. The number of oxazole rings is 1. The van der Waals surface area contributed by atoms with Gasteiger partial charge in [0.05, 0.1) is 24.9 Å². The summed E-state index contributed by atoms with van der Waals surface area (Å²) in [6.45, 7) is 7.42. The molecular formula is C15H20N2O2. The summed E-state index contributed by atoms with van der Waals surface area (Å²) in [4.78, 5) is 4.28. The lowest BCUT2D eigenvalue weighted by Crippen LogP contribution is -2.21. The van der Waals surface area contributed by atoms with Crippen molar-refractivity contribution in [2.45, 2.75) is 33.4 Å². The molecule has 4 nitrogen and oxygen atoms in total. The Balaban J connectivity index is 2.18. The van der Waals surface area contributed by atoms with Gasteiger partial charge < -0.3 is 14.5 Å². The van der Waals surface area contributed by atoms with Crippen LogP contribution in [0.1, 0.15) is 26.7 Å². The monoisotopic (exact) mass is 260 g/mol. The third kappa shape index (κ3) is 3.58. The molecule has 0 spiro atoms. The number of benzene rings is 1. The number of hydrogen-bond donors (Lipinski definition) is 1. The summed E-state index contributed by atoms with van der Waals surface area (Å²) >= 11 is 0. The van der Waals surface area contributed by atoms with Crippen LogP contribution in [0.25, 0.3) is 11.3 Å². The lowest BCUT2D eigenvalue weighted by atomic mass is 10.1. The zero-order valence-corrected chi connectivity index (χ0v) is 11.6. The van der Waals surface area contributed by atoms with Crippen LogP contribution in [0.5, 0.6) is 5.75 Å². The summed E-state index contributed by atoms with van der Waals surface area (Å²) in [5.41, 5.74) is 0.938. The lowest BCUT2D eigenvalue weighted by molar-refractivity contribution is 0.340. The fourth-order valence-corrected chi connectivity index (χ4v) is 1.76. The third-order valence-electron chi connectivity index (χ3n) is 2.67. The molecule has 0 bridgehead atoms. The van der Waals surface area contributed by atoms with Crippen molar-refractivity contribution < 1.29 is 9.15 Å². The van der Waals surface area contributed by atoms with E-state index in [2.05, 4.69) is 24.1 Å². The van der Waals surface area contributed by atoms with E-state index in [0.29, 0.717) is 25.1 Å². The minimum atomic E-state index is 0.408. The molecule has 0 aliphatic rings. The van der Waals surface area contributed by atoms with Gasteiger partial charge >= 0.3 is 0 Å². The Labute approximate surface area is 113 Å². The van der Waals surface area contributed by atoms with E-state index in [1.807, 2.05) is 31.2 Å². The van der Waals surface area contributed by atoms with E-state index >= 15 is 0 Å². The van der Waals surface area contributed by atoms with Gasteiger partial charge in [-0.25, -0.2) is 4.98 Å². The number of nitrogens with one attached hydrogen (secondary N) is 1.